The largest absolute Gasteiger partial charge is 0.357 e. The number of guanidine groups is 1. The van der Waals surface area contributed by atoms with Gasteiger partial charge in [0.25, 0.3) is 0 Å². The van der Waals surface area contributed by atoms with Crippen molar-refractivity contribution in [2.24, 2.45) is 4.99 Å². The molecule has 0 bridgehead atoms. The number of hydrogen-bond donors (Lipinski definition) is 2. The van der Waals surface area contributed by atoms with E-state index in [2.05, 4.69) is 48.4 Å². The molecule has 3 rings (SSSR count). The van der Waals surface area contributed by atoms with Crippen molar-refractivity contribution >= 4 is 29.3 Å². The van der Waals surface area contributed by atoms with E-state index in [4.69, 9.17) is 4.99 Å². The molecule has 2 aliphatic rings. The number of anilines is 1. The number of nitrogens with zero attached hydrogens (tertiary/aromatic N) is 2. The standard InChI is InChI=1S/C20H30N4OS/c1-3-21-19(23-15-20(2)11-5-13-26-20)22-14-16-7-9-17(10-8-16)24-12-4-6-18(24)25/h7-10H,3-6,11-15H2,1-2H3,(H2,21,22,23). The van der Waals surface area contributed by atoms with E-state index in [0.717, 1.165) is 43.3 Å². The number of benzene rings is 1. The molecule has 5 nitrogen and oxygen atoms in total. The van der Waals surface area contributed by atoms with Crippen molar-refractivity contribution in [3.63, 3.8) is 0 Å². The summed E-state index contributed by atoms with van der Waals surface area (Å²) in [7, 11) is 0. The summed E-state index contributed by atoms with van der Waals surface area (Å²) in [6.45, 7) is 7.69. The molecule has 2 heterocycles. The van der Waals surface area contributed by atoms with Gasteiger partial charge in [-0.05, 0) is 56.6 Å². The van der Waals surface area contributed by atoms with Crippen LogP contribution in [0.4, 0.5) is 5.69 Å². The quantitative estimate of drug-likeness (QED) is 0.593. The van der Waals surface area contributed by atoms with E-state index in [0.29, 0.717) is 17.7 Å². The third-order valence-corrected chi connectivity index (χ3v) is 6.55. The van der Waals surface area contributed by atoms with Crippen LogP contribution in [0.1, 0.15) is 45.1 Å². The van der Waals surface area contributed by atoms with Crippen LogP contribution in [0.2, 0.25) is 0 Å². The fourth-order valence-corrected chi connectivity index (χ4v) is 4.71. The zero-order valence-electron chi connectivity index (χ0n) is 15.9. The molecule has 0 aromatic heterocycles. The molecule has 26 heavy (non-hydrogen) atoms. The lowest BCUT2D eigenvalue weighted by molar-refractivity contribution is -0.117. The second-order valence-electron chi connectivity index (χ2n) is 7.27. The molecule has 0 spiro atoms. The summed E-state index contributed by atoms with van der Waals surface area (Å²) < 4.78 is 0.320. The first kappa shape index (κ1) is 19.1. The molecule has 0 aliphatic carbocycles. The number of thioether (sulfide) groups is 1. The molecule has 1 aromatic carbocycles. The summed E-state index contributed by atoms with van der Waals surface area (Å²) in [6.07, 6.45) is 4.20. The van der Waals surface area contributed by atoms with E-state index in [-0.39, 0.29) is 5.91 Å². The topological polar surface area (TPSA) is 56.7 Å². The Labute approximate surface area is 161 Å². The van der Waals surface area contributed by atoms with E-state index in [9.17, 15) is 4.79 Å². The molecule has 0 radical (unpaired) electrons. The summed E-state index contributed by atoms with van der Waals surface area (Å²) in [6, 6.07) is 8.21. The predicted molar refractivity (Wildman–Crippen MR) is 111 cm³/mol. The van der Waals surface area contributed by atoms with Crippen LogP contribution in [0, 0.1) is 0 Å². The van der Waals surface area contributed by atoms with Crippen molar-refractivity contribution in [2.45, 2.75) is 50.8 Å². The van der Waals surface area contributed by atoms with E-state index in [1.165, 1.54) is 18.6 Å². The summed E-state index contributed by atoms with van der Waals surface area (Å²) in [5.41, 5.74) is 2.15. The van der Waals surface area contributed by atoms with Crippen LogP contribution in [0.25, 0.3) is 0 Å². The van der Waals surface area contributed by atoms with Crippen LogP contribution in [0.3, 0.4) is 0 Å². The van der Waals surface area contributed by atoms with Crippen molar-refractivity contribution in [1.29, 1.82) is 0 Å². The molecule has 2 fully saturated rings. The lowest BCUT2D eigenvalue weighted by atomic mass is 10.1. The zero-order chi connectivity index (χ0) is 18.4. The Bertz CT molecular complexity index is 638. The van der Waals surface area contributed by atoms with Gasteiger partial charge in [0.05, 0.1) is 6.54 Å². The highest BCUT2D eigenvalue weighted by molar-refractivity contribution is 8.00. The van der Waals surface area contributed by atoms with Crippen LogP contribution < -0.4 is 15.5 Å². The van der Waals surface area contributed by atoms with Crippen molar-refractivity contribution in [3.05, 3.63) is 29.8 Å². The average molecular weight is 375 g/mol. The summed E-state index contributed by atoms with van der Waals surface area (Å²) >= 11 is 2.06. The molecule has 6 heteroatoms. The molecular formula is C20H30N4OS. The molecule has 142 valence electrons. The Morgan fingerprint density at radius 1 is 1.27 bits per heavy atom. The Balaban J connectivity index is 1.57. The van der Waals surface area contributed by atoms with Gasteiger partial charge in [-0.3, -0.25) is 4.79 Å². The van der Waals surface area contributed by atoms with Gasteiger partial charge in [0.15, 0.2) is 5.96 Å². The van der Waals surface area contributed by atoms with Crippen LogP contribution in [0.15, 0.2) is 29.3 Å². The van der Waals surface area contributed by atoms with Gasteiger partial charge >= 0.3 is 0 Å². The second kappa shape index (κ2) is 8.80. The number of nitrogens with one attached hydrogen (secondary N) is 2. The first-order chi connectivity index (χ1) is 12.6. The van der Waals surface area contributed by atoms with Gasteiger partial charge in [-0.25, -0.2) is 4.99 Å². The Morgan fingerprint density at radius 3 is 2.69 bits per heavy atom. The molecule has 2 aliphatic heterocycles. The van der Waals surface area contributed by atoms with Gasteiger partial charge in [-0.2, -0.15) is 11.8 Å². The average Bonchev–Trinajstić information content (AvgIpc) is 3.27. The maximum absolute atomic E-state index is 11.8. The highest BCUT2D eigenvalue weighted by Gasteiger charge is 2.29. The van der Waals surface area contributed by atoms with Crippen molar-refractivity contribution in [1.82, 2.24) is 10.6 Å². The third-order valence-electron chi connectivity index (χ3n) is 5.02. The van der Waals surface area contributed by atoms with E-state index in [1.54, 1.807) is 0 Å². The number of amides is 1. The van der Waals surface area contributed by atoms with Gasteiger partial charge < -0.3 is 15.5 Å². The first-order valence-electron chi connectivity index (χ1n) is 9.65. The molecule has 1 atom stereocenters. The van der Waals surface area contributed by atoms with Gasteiger partial charge in [-0.1, -0.05) is 12.1 Å². The lowest BCUT2D eigenvalue weighted by Crippen LogP contribution is -2.43. The van der Waals surface area contributed by atoms with E-state index in [1.807, 2.05) is 17.0 Å². The molecule has 1 amide bonds. The predicted octanol–water partition coefficient (Wildman–Crippen LogP) is 3.15. The molecule has 2 saturated heterocycles. The normalized spacial score (nSPS) is 23.5. The fraction of sp³-hybridized carbons (Fsp3) is 0.600. The van der Waals surface area contributed by atoms with Gasteiger partial charge in [-0.15, -0.1) is 0 Å². The Morgan fingerprint density at radius 2 is 2.08 bits per heavy atom. The summed E-state index contributed by atoms with van der Waals surface area (Å²) in [5, 5.41) is 6.83. The van der Waals surface area contributed by atoms with E-state index < -0.39 is 0 Å². The van der Waals surface area contributed by atoms with Crippen LogP contribution in [-0.4, -0.2) is 42.0 Å². The highest BCUT2D eigenvalue weighted by atomic mass is 32.2. The third kappa shape index (κ3) is 4.93. The molecule has 1 aromatic rings. The maximum atomic E-state index is 11.8. The fourth-order valence-electron chi connectivity index (χ4n) is 3.46. The minimum Gasteiger partial charge on any atom is -0.357 e. The first-order valence-corrected chi connectivity index (χ1v) is 10.6. The number of aliphatic imine (C=N–C) groups is 1. The van der Waals surface area contributed by atoms with Crippen LogP contribution in [0.5, 0.6) is 0 Å². The van der Waals surface area contributed by atoms with Crippen molar-refractivity contribution < 1.29 is 4.79 Å². The molecular weight excluding hydrogens is 344 g/mol. The van der Waals surface area contributed by atoms with Gasteiger partial charge in [0.2, 0.25) is 5.91 Å². The smallest absolute Gasteiger partial charge is 0.227 e. The molecule has 1 unspecified atom stereocenters. The summed E-state index contributed by atoms with van der Waals surface area (Å²) in [5.74, 6) is 2.37. The Hall–Kier alpha value is -1.69. The number of carbonyl (C=O) groups is 1. The monoisotopic (exact) mass is 374 g/mol. The van der Waals surface area contributed by atoms with Crippen LogP contribution in [-0.2, 0) is 11.3 Å². The minimum atomic E-state index is 0.229. The summed E-state index contributed by atoms with van der Waals surface area (Å²) in [4.78, 5) is 18.4. The number of carbonyl (C=O) groups excluding carboxylic acids is 1. The SMILES string of the molecule is CCNC(=NCc1ccc(N2CCCC2=O)cc1)NCC1(C)CCCS1. The number of hydrogen-bond acceptors (Lipinski definition) is 3. The van der Waals surface area contributed by atoms with E-state index >= 15 is 0 Å². The van der Waals surface area contributed by atoms with Gasteiger partial charge in [0.1, 0.15) is 0 Å². The maximum Gasteiger partial charge on any atom is 0.227 e. The van der Waals surface area contributed by atoms with Crippen molar-refractivity contribution in [3.8, 4) is 0 Å². The molecule has 2 N–H and O–H groups in total. The number of rotatable bonds is 6. The second-order valence-corrected chi connectivity index (χ2v) is 8.95. The van der Waals surface area contributed by atoms with Crippen molar-refractivity contribution in [2.75, 3.05) is 30.3 Å². The van der Waals surface area contributed by atoms with Gasteiger partial charge in [0, 0.05) is 36.5 Å². The molecule has 0 saturated carbocycles. The van der Waals surface area contributed by atoms with Crippen LogP contribution >= 0.6 is 11.8 Å². The zero-order valence-corrected chi connectivity index (χ0v) is 16.7. The minimum absolute atomic E-state index is 0.229. The lowest BCUT2D eigenvalue weighted by Gasteiger charge is -2.24. The Kier molecular flexibility index (Phi) is 6.46. The highest BCUT2D eigenvalue weighted by Crippen LogP contribution is 2.36.